The highest BCUT2D eigenvalue weighted by atomic mass is 32.2. The summed E-state index contributed by atoms with van der Waals surface area (Å²) in [4.78, 5) is 0.318. The molecule has 0 spiro atoms. The molecule has 0 fully saturated rings. The van der Waals surface area contributed by atoms with E-state index in [2.05, 4.69) is 0 Å². The van der Waals surface area contributed by atoms with Gasteiger partial charge in [-0.2, -0.15) is 4.31 Å². The molecule has 1 aliphatic heterocycles. The van der Waals surface area contributed by atoms with Crippen LogP contribution in [0.25, 0.3) is 0 Å². The van der Waals surface area contributed by atoms with Gasteiger partial charge < -0.3 is 4.74 Å². The van der Waals surface area contributed by atoms with E-state index in [1.54, 1.807) is 31.4 Å². The summed E-state index contributed by atoms with van der Waals surface area (Å²) in [5.74, 6) is 0.657. The van der Waals surface area contributed by atoms with Gasteiger partial charge in [0, 0.05) is 13.1 Å². The van der Waals surface area contributed by atoms with Crippen molar-refractivity contribution in [3.8, 4) is 5.75 Å². The quantitative estimate of drug-likeness (QED) is 0.787. The van der Waals surface area contributed by atoms with Crippen LogP contribution in [0.15, 0.2) is 41.3 Å². The Morgan fingerprint density at radius 3 is 2.56 bits per heavy atom. The van der Waals surface area contributed by atoms with Gasteiger partial charge in [-0.1, -0.05) is 12.2 Å². The van der Waals surface area contributed by atoms with Crippen LogP contribution in [0.5, 0.6) is 5.75 Å². The molecular weight excluding hydrogens is 250 g/mol. The molecule has 0 unspecified atom stereocenters. The summed E-state index contributed by atoms with van der Waals surface area (Å²) < 4.78 is 31.3. The van der Waals surface area contributed by atoms with Gasteiger partial charge in [0.1, 0.15) is 5.75 Å². The first-order valence-electron chi connectivity index (χ1n) is 5.94. The van der Waals surface area contributed by atoms with Crippen LogP contribution in [-0.4, -0.2) is 32.9 Å². The first-order valence-corrected chi connectivity index (χ1v) is 7.38. The van der Waals surface area contributed by atoms with Gasteiger partial charge in [0.2, 0.25) is 10.0 Å². The van der Waals surface area contributed by atoms with Crippen molar-refractivity contribution in [2.45, 2.75) is 17.7 Å². The van der Waals surface area contributed by atoms with E-state index in [-0.39, 0.29) is 0 Å². The fourth-order valence-electron chi connectivity index (χ4n) is 1.90. The first-order chi connectivity index (χ1) is 8.64. The van der Waals surface area contributed by atoms with Gasteiger partial charge in [-0.05, 0) is 37.1 Å². The van der Waals surface area contributed by atoms with Gasteiger partial charge in [-0.3, -0.25) is 0 Å². The highest BCUT2D eigenvalue weighted by Crippen LogP contribution is 2.20. The van der Waals surface area contributed by atoms with Crippen molar-refractivity contribution in [2.24, 2.45) is 0 Å². The summed E-state index contributed by atoms with van der Waals surface area (Å²) in [5, 5.41) is 0. The van der Waals surface area contributed by atoms with Crippen LogP contribution in [-0.2, 0) is 10.0 Å². The summed E-state index contributed by atoms with van der Waals surface area (Å²) in [5.41, 5.74) is 0. The Balaban J connectivity index is 2.25. The van der Waals surface area contributed by atoms with Crippen LogP contribution < -0.4 is 4.74 Å². The molecule has 0 N–H and O–H groups in total. The molecule has 1 heterocycles. The predicted octanol–water partition coefficient (Wildman–Crippen LogP) is 2.04. The topological polar surface area (TPSA) is 46.6 Å². The normalized spacial score (nSPS) is 17.4. The molecule has 4 nitrogen and oxygen atoms in total. The van der Waals surface area contributed by atoms with Crippen LogP contribution in [0.3, 0.4) is 0 Å². The van der Waals surface area contributed by atoms with Crippen LogP contribution >= 0.6 is 0 Å². The van der Waals surface area contributed by atoms with Crippen LogP contribution in [0.2, 0.25) is 0 Å². The van der Waals surface area contributed by atoms with E-state index in [0.29, 0.717) is 23.7 Å². The number of nitrogens with zero attached hydrogens (tertiary/aromatic N) is 1. The minimum atomic E-state index is -3.38. The zero-order valence-electron chi connectivity index (χ0n) is 10.4. The average Bonchev–Trinajstić information content (AvgIpc) is 2.68. The third-order valence-corrected chi connectivity index (χ3v) is 4.83. The number of benzene rings is 1. The lowest BCUT2D eigenvalue weighted by Gasteiger charge is -2.19. The number of hydrogen-bond acceptors (Lipinski definition) is 3. The van der Waals surface area contributed by atoms with E-state index >= 15 is 0 Å². The molecule has 1 aromatic rings. The summed E-state index contributed by atoms with van der Waals surface area (Å²) in [7, 11) is -1.83. The molecule has 0 aromatic heterocycles. The van der Waals surface area contributed by atoms with Crippen molar-refractivity contribution in [1.29, 1.82) is 0 Å². The molecule has 0 radical (unpaired) electrons. The van der Waals surface area contributed by atoms with E-state index < -0.39 is 10.0 Å². The van der Waals surface area contributed by atoms with Gasteiger partial charge in [0.15, 0.2) is 0 Å². The van der Waals surface area contributed by atoms with Gasteiger partial charge in [0.25, 0.3) is 0 Å². The molecule has 0 aliphatic carbocycles. The summed E-state index contributed by atoms with van der Waals surface area (Å²) in [6.07, 6.45) is 5.75. The minimum absolute atomic E-state index is 0.318. The average molecular weight is 267 g/mol. The Labute approximate surface area is 108 Å². The monoisotopic (exact) mass is 267 g/mol. The van der Waals surface area contributed by atoms with Crippen molar-refractivity contribution in [3.63, 3.8) is 0 Å². The predicted molar refractivity (Wildman–Crippen MR) is 70.1 cm³/mol. The molecule has 0 saturated carbocycles. The molecule has 0 atom stereocenters. The Morgan fingerprint density at radius 1 is 1.17 bits per heavy atom. The molecule has 1 aromatic carbocycles. The minimum Gasteiger partial charge on any atom is -0.497 e. The molecular formula is C13H17NO3S. The zero-order valence-corrected chi connectivity index (χ0v) is 11.2. The zero-order chi connectivity index (χ0) is 13.0. The van der Waals surface area contributed by atoms with Gasteiger partial charge >= 0.3 is 0 Å². The third-order valence-electron chi connectivity index (χ3n) is 2.95. The van der Waals surface area contributed by atoms with E-state index in [9.17, 15) is 8.42 Å². The SMILES string of the molecule is COc1ccc(S(=O)(=O)N2CC=CCCC2)cc1. The van der Waals surface area contributed by atoms with Crippen LogP contribution in [0.4, 0.5) is 0 Å². The largest absolute Gasteiger partial charge is 0.497 e. The lowest BCUT2D eigenvalue weighted by Crippen LogP contribution is -2.31. The second-order valence-corrected chi connectivity index (χ2v) is 6.09. The highest BCUT2D eigenvalue weighted by molar-refractivity contribution is 7.89. The number of methoxy groups -OCH3 is 1. The first kappa shape index (κ1) is 13.1. The Hall–Kier alpha value is -1.33. The maximum atomic E-state index is 12.4. The van der Waals surface area contributed by atoms with Crippen molar-refractivity contribution < 1.29 is 13.2 Å². The molecule has 0 amide bonds. The third kappa shape index (κ3) is 2.73. The van der Waals surface area contributed by atoms with E-state index in [0.717, 1.165) is 12.8 Å². The van der Waals surface area contributed by atoms with Gasteiger partial charge in [-0.15, -0.1) is 0 Å². The molecule has 0 saturated heterocycles. The maximum absolute atomic E-state index is 12.4. The summed E-state index contributed by atoms with van der Waals surface area (Å²) >= 11 is 0. The number of sulfonamides is 1. The molecule has 18 heavy (non-hydrogen) atoms. The van der Waals surface area contributed by atoms with E-state index in [4.69, 9.17) is 4.74 Å². The highest BCUT2D eigenvalue weighted by Gasteiger charge is 2.23. The number of rotatable bonds is 3. The Kier molecular flexibility index (Phi) is 4.04. The fraction of sp³-hybridized carbons (Fsp3) is 0.385. The number of allylic oxidation sites excluding steroid dienone is 1. The van der Waals surface area contributed by atoms with E-state index in [1.165, 1.54) is 4.31 Å². The van der Waals surface area contributed by atoms with E-state index in [1.807, 2.05) is 12.2 Å². The standard InChI is InChI=1S/C13H17NO3S/c1-17-12-6-8-13(9-7-12)18(15,16)14-10-4-2-3-5-11-14/h2,4,6-9H,3,5,10-11H2,1H3. The van der Waals surface area contributed by atoms with Crippen LogP contribution in [0.1, 0.15) is 12.8 Å². The second-order valence-electron chi connectivity index (χ2n) is 4.15. The fourth-order valence-corrected chi connectivity index (χ4v) is 3.33. The smallest absolute Gasteiger partial charge is 0.243 e. The van der Waals surface area contributed by atoms with Crippen molar-refractivity contribution in [3.05, 3.63) is 36.4 Å². The molecule has 1 aliphatic rings. The molecule has 0 bridgehead atoms. The second kappa shape index (κ2) is 5.54. The Morgan fingerprint density at radius 2 is 1.89 bits per heavy atom. The summed E-state index contributed by atoms with van der Waals surface area (Å²) in [6.45, 7) is 1.02. The number of ether oxygens (including phenoxy) is 1. The van der Waals surface area contributed by atoms with Gasteiger partial charge in [0.05, 0.1) is 12.0 Å². The number of hydrogen-bond donors (Lipinski definition) is 0. The lowest BCUT2D eigenvalue weighted by molar-refractivity contribution is 0.414. The van der Waals surface area contributed by atoms with Crippen molar-refractivity contribution >= 4 is 10.0 Å². The molecule has 98 valence electrons. The lowest BCUT2D eigenvalue weighted by atomic mass is 10.3. The van der Waals surface area contributed by atoms with Gasteiger partial charge in [-0.25, -0.2) is 8.42 Å². The summed E-state index contributed by atoms with van der Waals surface area (Å²) in [6, 6.07) is 6.51. The molecule has 5 heteroatoms. The maximum Gasteiger partial charge on any atom is 0.243 e. The Bertz CT molecular complexity index is 520. The van der Waals surface area contributed by atoms with Crippen LogP contribution in [0, 0.1) is 0 Å². The molecule has 2 rings (SSSR count). The van der Waals surface area contributed by atoms with Crippen molar-refractivity contribution in [1.82, 2.24) is 4.31 Å². The van der Waals surface area contributed by atoms with Crippen molar-refractivity contribution in [2.75, 3.05) is 20.2 Å².